The Labute approximate surface area is 97.9 Å². The highest BCUT2D eigenvalue weighted by Gasteiger charge is 2.40. The van der Waals surface area contributed by atoms with Crippen molar-refractivity contribution >= 4 is 11.6 Å². The summed E-state index contributed by atoms with van der Waals surface area (Å²) in [6.45, 7) is 0. The molecule has 1 aliphatic carbocycles. The molecule has 3 rings (SSSR count). The molecule has 0 saturated heterocycles. The molecule has 0 aliphatic heterocycles. The van der Waals surface area contributed by atoms with E-state index in [1.54, 1.807) is 48.4 Å². The molecule has 1 heterocycles. The fraction of sp³-hybridized carbons (Fsp3) is 0.154. The van der Waals surface area contributed by atoms with Gasteiger partial charge in [-0.05, 0) is 0 Å². The molecule has 1 aliphatic rings. The molecule has 0 bridgehead atoms. The minimum atomic E-state index is -0.722. The van der Waals surface area contributed by atoms with Gasteiger partial charge in [-0.2, -0.15) is 0 Å². The molecule has 4 nitrogen and oxygen atoms in total. The lowest BCUT2D eigenvalue weighted by Gasteiger charge is -2.06. The van der Waals surface area contributed by atoms with Gasteiger partial charge in [0.2, 0.25) is 0 Å². The smallest absolute Gasteiger partial charge is 0.180 e. The van der Waals surface area contributed by atoms with Crippen molar-refractivity contribution in [2.24, 2.45) is 7.05 Å². The van der Waals surface area contributed by atoms with Crippen molar-refractivity contribution in [1.29, 1.82) is 0 Å². The Kier molecular flexibility index (Phi) is 1.98. The summed E-state index contributed by atoms with van der Waals surface area (Å²) in [5, 5.41) is 0. The summed E-state index contributed by atoms with van der Waals surface area (Å²) < 4.78 is 1.71. The maximum atomic E-state index is 12.2. The molecule has 0 atom stereocenters. The van der Waals surface area contributed by atoms with Crippen LogP contribution in [0, 0.1) is 0 Å². The van der Waals surface area contributed by atoms with Gasteiger partial charge in [0.15, 0.2) is 11.6 Å². The lowest BCUT2D eigenvalue weighted by atomic mass is 10.0. The standard InChI is InChI=1S/C13H10N2O2/c1-15-7-14-6-10(15)11-12(16)8-4-2-3-5-9(8)13(11)17/h2-7,11H,1H3. The third-order valence-corrected chi connectivity index (χ3v) is 3.13. The van der Waals surface area contributed by atoms with E-state index in [0.29, 0.717) is 16.8 Å². The minimum Gasteiger partial charge on any atom is -0.337 e. The van der Waals surface area contributed by atoms with Gasteiger partial charge < -0.3 is 4.57 Å². The summed E-state index contributed by atoms with van der Waals surface area (Å²) in [6, 6.07) is 6.95. The predicted molar refractivity (Wildman–Crippen MR) is 61.1 cm³/mol. The first-order valence-electron chi connectivity index (χ1n) is 5.34. The lowest BCUT2D eigenvalue weighted by molar-refractivity contribution is 0.0886. The zero-order valence-electron chi connectivity index (χ0n) is 9.25. The van der Waals surface area contributed by atoms with Crippen LogP contribution in [0.15, 0.2) is 36.8 Å². The van der Waals surface area contributed by atoms with Gasteiger partial charge in [-0.3, -0.25) is 9.59 Å². The van der Waals surface area contributed by atoms with Gasteiger partial charge >= 0.3 is 0 Å². The predicted octanol–water partition coefficient (Wildman–Crippen LogP) is 1.58. The summed E-state index contributed by atoms with van der Waals surface area (Å²) in [5.41, 5.74) is 1.68. The van der Waals surface area contributed by atoms with Crippen LogP contribution in [0.25, 0.3) is 0 Å². The second kappa shape index (κ2) is 3.38. The van der Waals surface area contributed by atoms with E-state index < -0.39 is 5.92 Å². The Morgan fingerprint density at radius 3 is 2.18 bits per heavy atom. The number of hydrogen-bond donors (Lipinski definition) is 0. The average Bonchev–Trinajstić information content (AvgIpc) is 2.84. The molecule has 84 valence electrons. The fourth-order valence-corrected chi connectivity index (χ4v) is 2.26. The van der Waals surface area contributed by atoms with Crippen molar-refractivity contribution in [2.75, 3.05) is 0 Å². The van der Waals surface area contributed by atoms with Gasteiger partial charge in [-0.15, -0.1) is 0 Å². The number of carbonyl (C=O) groups excluding carboxylic acids is 2. The first kappa shape index (κ1) is 9.96. The van der Waals surface area contributed by atoms with Crippen molar-refractivity contribution < 1.29 is 9.59 Å². The number of ketones is 2. The highest BCUT2D eigenvalue weighted by Crippen LogP contribution is 2.33. The normalized spacial score (nSPS) is 15.4. The maximum absolute atomic E-state index is 12.2. The van der Waals surface area contributed by atoms with Crippen LogP contribution in [-0.4, -0.2) is 21.1 Å². The van der Waals surface area contributed by atoms with Gasteiger partial charge in [0.1, 0.15) is 5.92 Å². The Morgan fingerprint density at radius 2 is 1.71 bits per heavy atom. The molecule has 0 unspecified atom stereocenters. The van der Waals surface area contributed by atoms with Crippen LogP contribution in [0.2, 0.25) is 0 Å². The number of Topliss-reactive ketones (excluding diaryl/α,β-unsaturated/α-hetero) is 2. The number of rotatable bonds is 1. The molecular formula is C13H10N2O2. The number of aryl methyl sites for hydroxylation is 1. The first-order valence-corrected chi connectivity index (χ1v) is 5.34. The summed E-state index contributed by atoms with van der Waals surface area (Å²) in [5.74, 6) is -0.983. The van der Waals surface area contributed by atoms with Crippen LogP contribution in [0.1, 0.15) is 32.3 Å². The maximum Gasteiger partial charge on any atom is 0.180 e. The first-order chi connectivity index (χ1) is 8.20. The van der Waals surface area contributed by atoms with Crippen molar-refractivity contribution in [2.45, 2.75) is 5.92 Å². The Hall–Kier alpha value is -2.23. The zero-order valence-corrected chi connectivity index (χ0v) is 9.25. The number of benzene rings is 1. The molecular weight excluding hydrogens is 216 g/mol. The van der Waals surface area contributed by atoms with E-state index in [9.17, 15) is 9.59 Å². The van der Waals surface area contributed by atoms with Gasteiger partial charge in [0.05, 0.1) is 12.0 Å². The van der Waals surface area contributed by atoms with E-state index in [1.807, 2.05) is 0 Å². The number of carbonyl (C=O) groups is 2. The Bertz CT molecular complexity index is 593. The molecule has 0 N–H and O–H groups in total. The van der Waals surface area contributed by atoms with E-state index in [2.05, 4.69) is 4.98 Å². The average molecular weight is 226 g/mol. The third kappa shape index (κ3) is 1.27. The second-order valence-electron chi connectivity index (χ2n) is 4.14. The van der Waals surface area contributed by atoms with Crippen LogP contribution < -0.4 is 0 Å². The van der Waals surface area contributed by atoms with Crippen LogP contribution >= 0.6 is 0 Å². The number of aromatic nitrogens is 2. The van der Waals surface area contributed by atoms with Crippen LogP contribution in [-0.2, 0) is 7.05 Å². The molecule has 4 heteroatoms. The van der Waals surface area contributed by atoms with Crippen LogP contribution in [0.3, 0.4) is 0 Å². The third-order valence-electron chi connectivity index (χ3n) is 3.13. The van der Waals surface area contributed by atoms with Crippen molar-refractivity contribution in [1.82, 2.24) is 9.55 Å². The van der Waals surface area contributed by atoms with Crippen molar-refractivity contribution in [3.05, 3.63) is 53.6 Å². The summed E-state index contributed by atoms with van der Waals surface area (Å²) >= 11 is 0. The topological polar surface area (TPSA) is 52.0 Å². The monoisotopic (exact) mass is 226 g/mol. The number of fused-ring (bicyclic) bond motifs is 1. The minimum absolute atomic E-state index is 0.130. The molecule has 0 fully saturated rings. The van der Waals surface area contributed by atoms with Crippen molar-refractivity contribution in [3.63, 3.8) is 0 Å². The molecule has 0 saturated carbocycles. The van der Waals surface area contributed by atoms with E-state index in [0.717, 1.165) is 0 Å². The van der Waals surface area contributed by atoms with E-state index in [1.165, 1.54) is 0 Å². The number of hydrogen-bond acceptors (Lipinski definition) is 3. The highest BCUT2D eigenvalue weighted by molar-refractivity contribution is 6.29. The summed E-state index contributed by atoms with van der Waals surface area (Å²) in [4.78, 5) is 28.3. The van der Waals surface area contributed by atoms with Gasteiger partial charge in [0.25, 0.3) is 0 Å². The largest absolute Gasteiger partial charge is 0.337 e. The lowest BCUT2D eigenvalue weighted by Crippen LogP contribution is -2.15. The van der Waals surface area contributed by atoms with Gasteiger partial charge in [-0.1, -0.05) is 24.3 Å². The Balaban J connectivity index is 2.16. The quantitative estimate of drug-likeness (QED) is 0.694. The van der Waals surface area contributed by atoms with Gasteiger partial charge in [0, 0.05) is 24.4 Å². The van der Waals surface area contributed by atoms with E-state index in [4.69, 9.17) is 0 Å². The molecule has 0 radical (unpaired) electrons. The highest BCUT2D eigenvalue weighted by atomic mass is 16.2. The van der Waals surface area contributed by atoms with Crippen LogP contribution in [0.4, 0.5) is 0 Å². The van der Waals surface area contributed by atoms with E-state index in [-0.39, 0.29) is 11.6 Å². The van der Waals surface area contributed by atoms with Crippen LogP contribution in [0.5, 0.6) is 0 Å². The Morgan fingerprint density at radius 1 is 1.12 bits per heavy atom. The second-order valence-corrected chi connectivity index (χ2v) is 4.14. The molecule has 2 aromatic rings. The van der Waals surface area contributed by atoms with Crippen molar-refractivity contribution in [3.8, 4) is 0 Å². The summed E-state index contributed by atoms with van der Waals surface area (Å²) in [7, 11) is 1.78. The molecule has 0 amide bonds. The molecule has 17 heavy (non-hydrogen) atoms. The molecule has 1 aromatic carbocycles. The fourth-order valence-electron chi connectivity index (χ4n) is 2.26. The van der Waals surface area contributed by atoms with Gasteiger partial charge in [-0.25, -0.2) is 4.98 Å². The number of imidazole rings is 1. The summed E-state index contributed by atoms with van der Waals surface area (Å²) in [6.07, 6.45) is 3.17. The van der Waals surface area contributed by atoms with E-state index >= 15 is 0 Å². The molecule has 0 spiro atoms. The molecule has 1 aromatic heterocycles. The zero-order chi connectivity index (χ0) is 12.0. The number of nitrogens with zero attached hydrogens (tertiary/aromatic N) is 2. The SMILES string of the molecule is Cn1cncc1C1C(=O)c2ccccc2C1=O.